The predicted octanol–water partition coefficient (Wildman–Crippen LogP) is 0.200. The van der Waals surface area contributed by atoms with Crippen molar-refractivity contribution in [2.75, 3.05) is 19.0 Å². The number of nitrogens with two attached hydrogens (primary N) is 1. The van der Waals surface area contributed by atoms with Crippen molar-refractivity contribution in [1.29, 1.82) is 0 Å². The third kappa shape index (κ3) is 3.85. The average Bonchev–Trinajstić information content (AvgIpc) is 2.94. The van der Waals surface area contributed by atoms with Crippen LogP contribution in [0.25, 0.3) is 0 Å². The number of hydrogen-bond acceptors (Lipinski definition) is 4. The van der Waals surface area contributed by atoms with Gasteiger partial charge in [-0.15, -0.1) is 0 Å². The molecule has 0 saturated heterocycles. The lowest BCUT2D eigenvalue weighted by atomic mass is 10.1. The molecule has 1 aliphatic rings. The van der Waals surface area contributed by atoms with E-state index < -0.39 is 0 Å². The van der Waals surface area contributed by atoms with Gasteiger partial charge in [0.15, 0.2) is 0 Å². The first-order valence-electron chi connectivity index (χ1n) is 4.88. The van der Waals surface area contributed by atoms with Gasteiger partial charge in [0.1, 0.15) is 0 Å². The van der Waals surface area contributed by atoms with E-state index >= 15 is 0 Å². The maximum Gasteiger partial charge on any atom is 0.0565 e. The number of aliphatic hydroxyl groups is 2. The van der Waals surface area contributed by atoms with Gasteiger partial charge in [0.05, 0.1) is 6.61 Å². The maximum absolute atomic E-state index is 9.11. The van der Waals surface area contributed by atoms with Crippen LogP contribution in [0.15, 0.2) is 0 Å². The average molecular weight is 205 g/mol. The van der Waals surface area contributed by atoms with Crippen molar-refractivity contribution in [2.45, 2.75) is 30.6 Å². The van der Waals surface area contributed by atoms with Gasteiger partial charge >= 0.3 is 0 Å². The fourth-order valence-corrected chi connectivity index (χ4v) is 2.52. The fraction of sp³-hybridized carbons (Fsp3) is 1.00. The van der Waals surface area contributed by atoms with Crippen LogP contribution in [0.4, 0.5) is 0 Å². The Morgan fingerprint density at radius 3 is 2.54 bits per heavy atom. The fourth-order valence-electron chi connectivity index (χ4n) is 1.37. The van der Waals surface area contributed by atoms with E-state index in [1.807, 2.05) is 0 Å². The summed E-state index contributed by atoms with van der Waals surface area (Å²) < 4.78 is 0. The summed E-state index contributed by atoms with van der Waals surface area (Å²) in [5.41, 5.74) is 5.97. The van der Waals surface area contributed by atoms with Crippen molar-refractivity contribution in [1.82, 2.24) is 0 Å². The third-order valence-corrected chi connectivity index (χ3v) is 3.83. The third-order valence-electron chi connectivity index (χ3n) is 2.41. The molecule has 78 valence electrons. The van der Waals surface area contributed by atoms with E-state index in [1.54, 1.807) is 11.8 Å². The monoisotopic (exact) mass is 205 g/mol. The minimum Gasteiger partial charge on any atom is -0.396 e. The van der Waals surface area contributed by atoms with Gasteiger partial charge in [-0.3, -0.25) is 0 Å². The molecule has 4 N–H and O–H groups in total. The lowest BCUT2D eigenvalue weighted by molar-refractivity contribution is 0.276. The second kappa shape index (κ2) is 5.86. The second-order valence-electron chi connectivity index (χ2n) is 3.58. The van der Waals surface area contributed by atoms with Crippen molar-refractivity contribution >= 4 is 11.8 Å². The normalized spacial score (nSPS) is 21.5. The van der Waals surface area contributed by atoms with Gasteiger partial charge in [-0.1, -0.05) is 0 Å². The molecule has 0 aromatic heterocycles. The molecular formula is C9H19NO2S. The smallest absolute Gasteiger partial charge is 0.0565 e. The number of aliphatic hydroxyl groups excluding tert-OH is 2. The van der Waals surface area contributed by atoms with Crippen LogP contribution in [0.2, 0.25) is 0 Å². The first-order valence-corrected chi connectivity index (χ1v) is 5.93. The minimum absolute atomic E-state index is 0.147. The van der Waals surface area contributed by atoms with Crippen LogP contribution in [0.5, 0.6) is 0 Å². The Labute approximate surface area is 83.7 Å². The van der Waals surface area contributed by atoms with Gasteiger partial charge in [0.2, 0.25) is 0 Å². The summed E-state index contributed by atoms with van der Waals surface area (Å²) in [4.78, 5) is 0. The van der Waals surface area contributed by atoms with Gasteiger partial charge < -0.3 is 15.9 Å². The molecule has 0 aromatic rings. The van der Waals surface area contributed by atoms with E-state index in [0.717, 1.165) is 12.2 Å². The summed E-state index contributed by atoms with van der Waals surface area (Å²) >= 11 is 1.69. The standard InChI is InChI=1S/C9H19NO2S/c10-9(7-2-3-7)8(6-12)13-5-1-4-11/h7-9,11-12H,1-6,10H2. The zero-order valence-corrected chi connectivity index (χ0v) is 8.67. The molecule has 1 saturated carbocycles. The van der Waals surface area contributed by atoms with Crippen molar-refractivity contribution in [3.8, 4) is 0 Å². The largest absolute Gasteiger partial charge is 0.396 e. The Hall–Kier alpha value is 0.230. The Bertz CT molecular complexity index is 142. The molecule has 2 unspecified atom stereocenters. The van der Waals surface area contributed by atoms with Gasteiger partial charge in [0.25, 0.3) is 0 Å². The molecule has 1 aliphatic carbocycles. The van der Waals surface area contributed by atoms with Gasteiger partial charge in [-0.05, 0) is 30.9 Å². The van der Waals surface area contributed by atoms with Gasteiger partial charge in [-0.2, -0.15) is 11.8 Å². The molecule has 0 heterocycles. The molecule has 0 radical (unpaired) electrons. The summed E-state index contributed by atoms with van der Waals surface area (Å²) in [6, 6.07) is 0.147. The molecule has 0 aromatic carbocycles. The van der Waals surface area contributed by atoms with Crippen LogP contribution in [-0.4, -0.2) is 40.5 Å². The lowest BCUT2D eigenvalue weighted by Crippen LogP contribution is -2.37. The first kappa shape index (κ1) is 11.3. The Kier molecular flexibility index (Phi) is 5.09. The van der Waals surface area contributed by atoms with E-state index in [-0.39, 0.29) is 24.5 Å². The van der Waals surface area contributed by atoms with Gasteiger partial charge in [-0.25, -0.2) is 0 Å². The number of rotatable bonds is 7. The molecule has 3 nitrogen and oxygen atoms in total. The summed E-state index contributed by atoms with van der Waals surface area (Å²) in [5.74, 6) is 1.53. The Morgan fingerprint density at radius 2 is 2.08 bits per heavy atom. The second-order valence-corrected chi connectivity index (χ2v) is 4.93. The quantitative estimate of drug-likeness (QED) is 0.519. The van der Waals surface area contributed by atoms with Crippen molar-refractivity contribution < 1.29 is 10.2 Å². The highest BCUT2D eigenvalue weighted by atomic mass is 32.2. The van der Waals surface area contributed by atoms with Crippen LogP contribution in [-0.2, 0) is 0 Å². The highest BCUT2D eigenvalue weighted by Crippen LogP contribution is 2.35. The predicted molar refractivity (Wildman–Crippen MR) is 55.7 cm³/mol. The Morgan fingerprint density at radius 1 is 1.38 bits per heavy atom. The van der Waals surface area contributed by atoms with Crippen molar-refractivity contribution in [3.63, 3.8) is 0 Å². The lowest BCUT2D eigenvalue weighted by Gasteiger charge is -2.20. The molecule has 0 spiro atoms. The van der Waals surface area contributed by atoms with E-state index in [4.69, 9.17) is 15.9 Å². The molecule has 4 heteroatoms. The minimum atomic E-state index is 0.147. The Balaban J connectivity index is 2.16. The van der Waals surface area contributed by atoms with Crippen LogP contribution in [0, 0.1) is 5.92 Å². The topological polar surface area (TPSA) is 66.5 Å². The summed E-state index contributed by atoms with van der Waals surface area (Å²) in [5, 5.41) is 17.9. The number of hydrogen-bond donors (Lipinski definition) is 3. The van der Waals surface area contributed by atoms with E-state index in [2.05, 4.69) is 0 Å². The van der Waals surface area contributed by atoms with E-state index in [1.165, 1.54) is 12.8 Å². The molecule has 0 bridgehead atoms. The SMILES string of the molecule is NC(C1CC1)C(CO)SCCCO. The van der Waals surface area contributed by atoms with Crippen LogP contribution >= 0.6 is 11.8 Å². The highest BCUT2D eigenvalue weighted by Gasteiger charge is 2.33. The van der Waals surface area contributed by atoms with Crippen LogP contribution in [0.3, 0.4) is 0 Å². The van der Waals surface area contributed by atoms with Crippen molar-refractivity contribution in [2.24, 2.45) is 11.7 Å². The summed E-state index contributed by atoms with van der Waals surface area (Å²) in [6.07, 6.45) is 3.23. The van der Waals surface area contributed by atoms with Crippen LogP contribution in [0.1, 0.15) is 19.3 Å². The number of thioether (sulfide) groups is 1. The maximum atomic E-state index is 9.11. The molecule has 0 amide bonds. The van der Waals surface area contributed by atoms with Gasteiger partial charge in [0, 0.05) is 17.9 Å². The summed E-state index contributed by atoms with van der Waals surface area (Å²) in [6.45, 7) is 0.386. The van der Waals surface area contributed by atoms with Crippen LogP contribution < -0.4 is 5.73 Å². The zero-order valence-electron chi connectivity index (χ0n) is 7.85. The summed E-state index contributed by atoms with van der Waals surface area (Å²) in [7, 11) is 0. The zero-order chi connectivity index (χ0) is 9.68. The highest BCUT2D eigenvalue weighted by molar-refractivity contribution is 7.99. The molecular weight excluding hydrogens is 186 g/mol. The molecule has 2 atom stereocenters. The molecule has 1 rings (SSSR count). The molecule has 13 heavy (non-hydrogen) atoms. The molecule has 1 fully saturated rings. The first-order chi connectivity index (χ1) is 6.29. The van der Waals surface area contributed by atoms with E-state index in [0.29, 0.717) is 5.92 Å². The van der Waals surface area contributed by atoms with E-state index in [9.17, 15) is 0 Å². The molecule has 0 aliphatic heterocycles. The van der Waals surface area contributed by atoms with Crippen molar-refractivity contribution in [3.05, 3.63) is 0 Å².